The maximum atomic E-state index is 8.98. The first-order chi connectivity index (χ1) is 7.11. The summed E-state index contributed by atoms with van der Waals surface area (Å²) in [4.78, 5) is 4.08. The monoisotopic (exact) mass is 289 g/mol. The molecule has 0 aliphatic rings. The van der Waals surface area contributed by atoms with Crippen LogP contribution in [0.1, 0.15) is 11.3 Å². The van der Waals surface area contributed by atoms with Crippen LogP contribution in [0.2, 0.25) is 0 Å². The molecule has 0 aliphatic heterocycles. The van der Waals surface area contributed by atoms with E-state index < -0.39 is 6.29 Å². The minimum atomic E-state index is -1.52. The van der Waals surface area contributed by atoms with Crippen LogP contribution in [0.5, 0.6) is 5.75 Å². The van der Waals surface area contributed by atoms with Gasteiger partial charge in [-0.2, -0.15) is 0 Å². The predicted molar refractivity (Wildman–Crippen MR) is 61.1 cm³/mol. The second kappa shape index (κ2) is 4.05. The number of methoxy groups -OCH3 is 1. The molecule has 0 saturated heterocycles. The molecule has 2 N–H and O–H groups in total. The highest BCUT2D eigenvalue weighted by Gasteiger charge is 2.12. The molecule has 0 saturated carbocycles. The van der Waals surface area contributed by atoms with Crippen LogP contribution in [0.4, 0.5) is 0 Å². The van der Waals surface area contributed by atoms with E-state index in [-0.39, 0.29) is 5.01 Å². The molecule has 6 heteroatoms. The van der Waals surface area contributed by atoms with Crippen molar-refractivity contribution in [3.05, 3.63) is 21.6 Å². The maximum Gasteiger partial charge on any atom is 0.205 e. The van der Waals surface area contributed by atoms with Gasteiger partial charge in [-0.3, -0.25) is 0 Å². The molecule has 80 valence electrons. The van der Waals surface area contributed by atoms with Crippen LogP contribution in [0.3, 0.4) is 0 Å². The van der Waals surface area contributed by atoms with E-state index in [0.717, 1.165) is 14.7 Å². The van der Waals surface area contributed by atoms with Crippen molar-refractivity contribution in [2.75, 3.05) is 7.11 Å². The topological polar surface area (TPSA) is 62.6 Å². The van der Waals surface area contributed by atoms with E-state index in [0.29, 0.717) is 5.75 Å². The molecule has 15 heavy (non-hydrogen) atoms. The zero-order valence-electron chi connectivity index (χ0n) is 7.77. The van der Waals surface area contributed by atoms with Crippen molar-refractivity contribution in [2.24, 2.45) is 0 Å². The van der Waals surface area contributed by atoms with Crippen molar-refractivity contribution in [3.63, 3.8) is 0 Å². The third-order valence-corrected chi connectivity index (χ3v) is 3.58. The summed E-state index contributed by atoms with van der Waals surface area (Å²) in [5, 5.41) is 18.2. The standard InChI is InChI=1S/C9H8BrNO3S/c1-14-6-3-7-5(2-4(6)10)11-8(15-7)9(12)13/h2-3,9,12-13H,1H3. The van der Waals surface area contributed by atoms with Crippen molar-refractivity contribution in [1.82, 2.24) is 4.98 Å². The first kappa shape index (κ1) is 10.8. The van der Waals surface area contributed by atoms with Gasteiger partial charge in [0.05, 0.1) is 21.8 Å². The molecule has 1 aromatic carbocycles. The minimum Gasteiger partial charge on any atom is -0.496 e. The molecule has 2 rings (SSSR count). The molecule has 0 spiro atoms. The third-order valence-electron chi connectivity index (χ3n) is 1.90. The summed E-state index contributed by atoms with van der Waals surface area (Å²) in [6, 6.07) is 3.60. The van der Waals surface area contributed by atoms with Gasteiger partial charge in [0.15, 0.2) is 0 Å². The van der Waals surface area contributed by atoms with Crippen LogP contribution in [-0.4, -0.2) is 22.3 Å². The Kier molecular flexibility index (Phi) is 2.92. The summed E-state index contributed by atoms with van der Waals surface area (Å²) in [6.45, 7) is 0. The number of hydrogen-bond donors (Lipinski definition) is 2. The molecular formula is C9H8BrNO3S. The van der Waals surface area contributed by atoms with Gasteiger partial charge in [0, 0.05) is 6.07 Å². The quantitative estimate of drug-likeness (QED) is 0.831. The number of fused-ring (bicyclic) bond motifs is 1. The second-order valence-electron chi connectivity index (χ2n) is 2.88. The first-order valence-electron chi connectivity index (χ1n) is 4.12. The minimum absolute atomic E-state index is 0.283. The molecule has 0 aliphatic carbocycles. The Labute approximate surface area is 98.3 Å². The lowest BCUT2D eigenvalue weighted by Crippen LogP contribution is -1.92. The Balaban J connectivity index is 2.61. The summed E-state index contributed by atoms with van der Waals surface area (Å²) >= 11 is 4.57. The van der Waals surface area contributed by atoms with E-state index in [1.807, 2.05) is 6.07 Å². The van der Waals surface area contributed by atoms with E-state index >= 15 is 0 Å². The number of aliphatic hydroxyl groups excluding tert-OH is 1. The van der Waals surface area contributed by atoms with Crippen molar-refractivity contribution in [3.8, 4) is 5.75 Å². The summed E-state index contributed by atoms with van der Waals surface area (Å²) in [5.74, 6) is 0.699. The normalized spacial score (nSPS) is 11.3. The molecule has 0 fully saturated rings. The largest absolute Gasteiger partial charge is 0.496 e. The van der Waals surface area contributed by atoms with Crippen LogP contribution in [0, 0.1) is 0 Å². The van der Waals surface area contributed by atoms with Crippen molar-refractivity contribution in [2.45, 2.75) is 6.29 Å². The zero-order chi connectivity index (χ0) is 11.0. The molecule has 0 unspecified atom stereocenters. The van der Waals surface area contributed by atoms with Crippen molar-refractivity contribution < 1.29 is 14.9 Å². The Morgan fingerprint density at radius 3 is 2.80 bits per heavy atom. The van der Waals surface area contributed by atoms with Crippen molar-refractivity contribution in [1.29, 1.82) is 0 Å². The molecule has 0 atom stereocenters. The summed E-state index contributed by atoms with van der Waals surface area (Å²) in [5.41, 5.74) is 0.718. The number of halogens is 1. The van der Waals surface area contributed by atoms with Gasteiger partial charge >= 0.3 is 0 Å². The fourth-order valence-corrected chi connectivity index (χ4v) is 2.56. The van der Waals surface area contributed by atoms with Gasteiger partial charge < -0.3 is 14.9 Å². The molecule has 0 radical (unpaired) electrons. The summed E-state index contributed by atoms with van der Waals surface area (Å²) in [7, 11) is 1.58. The van der Waals surface area contributed by atoms with Gasteiger partial charge in [0.2, 0.25) is 6.29 Å². The fraction of sp³-hybridized carbons (Fsp3) is 0.222. The molecule has 2 aromatic rings. The molecule has 1 heterocycles. The van der Waals surface area contributed by atoms with E-state index in [1.165, 1.54) is 11.3 Å². The van der Waals surface area contributed by atoms with Crippen LogP contribution < -0.4 is 4.74 Å². The number of thiazole rings is 1. The van der Waals surface area contributed by atoms with E-state index in [2.05, 4.69) is 20.9 Å². The van der Waals surface area contributed by atoms with E-state index in [1.54, 1.807) is 13.2 Å². The number of aliphatic hydroxyl groups is 2. The van der Waals surface area contributed by atoms with Gasteiger partial charge in [-0.15, -0.1) is 11.3 Å². The number of rotatable bonds is 2. The molecule has 0 amide bonds. The lowest BCUT2D eigenvalue weighted by atomic mass is 10.3. The van der Waals surface area contributed by atoms with Crippen LogP contribution >= 0.6 is 27.3 Å². The van der Waals surface area contributed by atoms with E-state index in [9.17, 15) is 0 Å². The number of benzene rings is 1. The third kappa shape index (κ3) is 1.98. The average Bonchev–Trinajstić information content (AvgIpc) is 2.59. The number of hydrogen-bond acceptors (Lipinski definition) is 5. The van der Waals surface area contributed by atoms with Gasteiger partial charge in [0.25, 0.3) is 0 Å². The lowest BCUT2D eigenvalue weighted by molar-refractivity contribution is -0.0424. The van der Waals surface area contributed by atoms with Gasteiger partial charge in [-0.25, -0.2) is 4.98 Å². The Hall–Kier alpha value is -0.690. The van der Waals surface area contributed by atoms with Gasteiger partial charge in [0.1, 0.15) is 10.8 Å². The fourth-order valence-electron chi connectivity index (χ4n) is 1.21. The molecule has 1 aromatic heterocycles. The van der Waals surface area contributed by atoms with Crippen LogP contribution in [0.15, 0.2) is 16.6 Å². The molecule has 4 nitrogen and oxygen atoms in total. The Bertz CT molecular complexity index is 497. The van der Waals surface area contributed by atoms with Crippen molar-refractivity contribution >= 4 is 37.5 Å². The number of ether oxygens (including phenoxy) is 1. The maximum absolute atomic E-state index is 8.98. The number of aromatic nitrogens is 1. The average molecular weight is 290 g/mol. The first-order valence-corrected chi connectivity index (χ1v) is 5.73. The molecule has 0 bridgehead atoms. The highest BCUT2D eigenvalue weighted by Crippen LogP contribution is 2.34. The Morgan fingerprint density at radius 1 is 1.47 bits per heavy atom. The Morgan fingerprint density at radius 2 is 2.20 bits per heavy atom. The van der Waals surface area contributed by atoms with Crippen LogP contribution in [0.25, 0.3) is 10.2 Å². The smallest absolute Gasteiger partial charge is 0.205 e. The lowest BCUT2D eigenvalue weighted by Gasteiger charge is -2.01. The van der Waals surface area contributed by atoms with Gasteiger partial charge in [-0.1, -0.05) is 0 Å². The SMILES string of the molecule is COc1cc2sc(C(O)O)nc2cc1Br. The second-order valence-corrected chi connectivity index (χ2v) is 4.80. The number of nitrogens with zero attached hydrogens (tertiary/aromatic N) is 1. The highest BCUT2D eigenvalue weighted by molar-refractivity contribution is 9.10. The van der Waals surface area contributed by atoms with E-state index in [4.69, 9.17) is 14.9 Å². The summed E-state index contributed by atoms with van der Waals surface area (Å²) in [6.07, 6.45) is -1.52. The highest BCUT2D eigenvalue weighted by atomic mass is 79.9. The predicted octanol–water partition coefficient (Wildman–Crippen LogP) is 2.05. The van der Waals surface area contributed by atoms with Gasteiger partial charge in [-0.05, 0) is 22.0 Å². The van der Waals surface area contributed by atoms with Crippen LogP contribution in [-0.2, 0) is 0 Å². The summed E-state index contributed by atoms with van der Waals surface area (Å²) < 4.78 is 6.78. The zero-order valence-corrected chi connectivity index (χ0v) is 10.2. The molecular weight excluding hydrogens is 282 g/mol.